The van der Waals surface area contributed by atoms with E-state index in [2.05, 4.69) is 307 Å². The largest absolute Gasteiger partial charge is 1.00 e. The van der Waals surface area contributed by atoms with Crippen LogP contribution in [0.5, 0.6) is 0 Å². The molecule has 1 aliphatic heterocycles. The van der Waals surface area contributed by atoms with Gasteiger partial charge in [0.1, 0.15) is 0 Å². The summed E-state index contributed by atoms with van der Waals surface area (Å²) >= 11 is 7.14. The van der Waals surface area contributed by atoms with Gasteiger partial charge in [0, 0.05) is 79.5 Å². The minimum atomic E-state index is -0.304. The number of benzene rings is 9. The van der Waals surface area contributed by atoms with Crippen LogP contribution in [0.1, 0.15) is 51.4 Å². The summed E-state index contributed by atoms with van der Waals surface area (Å²) in [6.07, 6.45) is 10.9. The van der Waals surface area contributed by atoms with Crippen LogP contribution in [0.4, 0.5) is 0 Å². The van der Waals surface area contributed by atoms with Gasteiger partial charge in [-0.15, -0.1) is 0 Å². The third kappa shape index (κ3) is 21.3. The van der Waals surface area contributed by atoms with Gasteiger partial charge in [-0.3, -0.25) is 19.7 Å². The number of pyridine rings is 3. The van der Waals surface area contributed by atoms with Crippen molar-refractivity contribution in [2.24, 2.45) is 0 Å². The Morgan fingerprint density at radius 2 is 0.562 bits per heavy atom. The molecule has 0 amide bonds. The van der Waals surface area contributed by atoms with Crippen molar-refractivity contribution in [3.8, 4) is 123 Å². The molecule has 0 radical (unpaired) electrons. The predicted octanol–water partition coefficient (Wildman–Crippen LogP) is 14.8. The van der Waals surface area contributed by atoms with Gasteiger partial charge in [-0.25, -0.2) is 19.9 Å². The molecule has 0 aliphatic carbocycles. The predicted molar refractivity (Wildman–Crippen MR) is 422 cm³/mol. The summed E-state index contributed by atoms with van der Waals surface area (Å²) in [6.45, 7) is 16.5. The molecule has 1 aliphatic rings. The van der Waals surface area contributed by atoms with Gasteiger partial charge in [0.15, 0.2) is 11.6 Å². The first-order valence-electron chi connectivity index (χ1n) is 33.6. The number of aryl methyl sites for hydroxylation is 4. The standard InChI is InChI=1S/C46H34N4.C24H18Br2N2.C17H20BNO2.CH2O3.2Cs.H/c1-31-3-7-39(8-4-31)44-30-45(40-9-5-32(2)6-10-40)50-46(49-44)43-28-41(35-15-11-33(12-16-35)37-19-23-47-24-20-37)27-42(29-43)36-17-13-34(14-18-36)38-21-25-48-26-22-38;1-15-3-7-17(8-4-15)22-14-23(18-9-5-16(2)6-10-18)28-24(27-22)19-11-20(25)13-21(26)12-19;1-16(2)17(3,4)21-18(20-16)15-7-5-13(6-8-15)14-9-11-19-12-10-14;2-1-4-3;;;/h3-30H,1-2H3;3-14H,1-2H3;5-12H,1-4H3;1,3H;;;/q;;;;2*+1;-1/p-1. The van der Waals surface area contributed by atoms with Gasteiger partial charge in [-0.2, -0.15) is 0 Å². The fraction of sp³-hybridized carbons (Fsp3) is 0.114. The molecule has 0 N–H and O–H groups in total. The molecule has 5 aromatic heterocycles. The number of aromatic nitrogens is 7. The van der Waals surface area contributed by atoms with E-state index in [-0.39, 0.29) is 164 Å². The molecule has 1 saturated heterocycles. The van der Waals surface area contributed by atoms with E-state index in [0.29, 0.717) is 11.6 Å². The van der Waals surface area contributed by atoms with E-state index in [4.69, 9.17) is 39.3 Å². The number of hydrogen-bond donors (Lipinski definition) is 0. The number of nitrogens with zero attached hydrogens (tertiary/aromatic N) is 7. The molecule has 0 atom stereocenters. The zero-order chi connectivity index (χ0) is 72.0. The van der Waals surface area contributed by atoms with Gasteiger partial charge in [-0.05, 0) is 201 Å². The first-order chi connectivity index (χ1) is 49.8. The van der Waals surface area contributed by atoms with E-state index in [1.807, 2.05) is 79.4 Å². The topological polar surface area (TPSA) is 158 Å². The SMILES string of the molecule is CC1(C)OB(c2ccc(-c3ccncc3)cc2)OC1(C)C.Cc1ccc(-c2cc(-c3ccc(C)cc3)nc(-c3cc(-c4ccc(-c5ccncc5)cc4)cc(-c4ccc(-c5ccncc5)cc4)c3)n2)cc1.Cc1ccc(-c2cc(-c3ccc(C)cc3)nc(-c3cc(Br)cc(Br)c3)n2)cc1.O=CO[O-].[Cs+].[Cs+].[H-]. The summed E-state index contributed by atoms with van der Waals surface area (Å²) in [4.78, 5) is 43.8. The quantitative estimate of drug-likeness (QED) is 0.0466. The molecule has 510 valence electrons. The van der Waals surface area contributed by atoms with Crippen LogP contribution in [-0.4, -0.2) is 59.7 Å². The summed E-state index contributed by atoms with van der Waals surface area (Å²) in [5.41, 5.74) is 26.4. The van der Waals surface area contributed by atoms with Crippen LogP contribution in [0.15, 0.2) is 301 Å². The maximum absolute atomic E-state index is 8.64. The van der Waals surface area contributed by atoms with Crippen LogP contribution in [0.2, 0.25) is 0 Å². The number of carbonyl (C=O) groups is 1. The molecular formula is C88H74BBr2Cs2N7O5. The molecule has 14 aromatic rings. The van der Waals surface area contributed by atoms with Crippen LogP contribution >= 0.6 is 31.9 Å². The maximum atomic E-state index is 8.64. The van der Waals surface area contributed by atoms with Crippen molar-refractivity contribution >= 4 is 50.9 Å². The molecular weight excluding hydrogens is 1670 g/mol. The summed E-state index contributed by atoms with van der Waals surface area (Å²) in [5.74, 6) is 1.39. The van der Waals surface area contributed by atoms with Crippen molar-refractivity contribution < 1.29 is 163 Å². The maximum Gasteiger partial charge on any atom is 1.00 e. The second kappa shape index (κ2) is 37.7. The monoisotopic (exact) mass is 1740 g/mol. The van der Waals surface area contributed by atoms with Gasteiger partial charge in [0.2, 0.25) is 0 Å². The average Bonchev–Trinajstić information content (AvgIpc) is 1.51. The summed E-state index contributed by atoms with van der Waals surface area (Å²) in [7, 11) is -0.304. The summed E-state index contributed by atoms with van der Waals surface area (Å²) in [6, 6.07) is 88.8. The molecule has 15 rings (SSSR count). The first kappa shape index (κ1) is 80.6. The third-order valence-electron chi connectivity index (χ3n) is 18.1. The van der Waals surface area contributed by atoms with E-state index >= 15 is 0 Å². The van der Waals surface area contributed by atoms with Crippen molar-refractivity contribution in [2.45, 2.75) is 66.6 Å². The fourth-order valence-corrected chi connectivity index (χ4v) is 12.9. The summed E-state index contributed by atoms with van der Waals surface area (Å²) in [5, 5.41) is 8.43. The molecule has 0 spiro atoms. The zero-order valence-electron chi connectivity index (χ0n) is 61.3. The second-order valence-corrected chi connectivity index (χ2v) is 27.9. The van der Waals surface area contributed by atoms with E-state index < -0.39 is 0 Å². The van der Waals surface area contributed by atoms with Crippen LogP contribution < -0.4 is 149 Å². The summed E-state index contributed by atoms with van der Waals surface area (Å²) < 4.78 is 14.1. The minimum Gasteiger partial charge on any atom is -1.00 e. The van der Waals surface area contributed by atoms with Crippen molar-refractivity contribution in [2.75, 3.05) is 0 Å². The second-order valence-electron chi connectivity index (χ2n) is 26.1. The minimum absolute atomic E-state index is 0. The first-order valence-corrected chi connectivity index (χ1v) is 35.2. The smallest absolute Gasteiger partial charge is 1.00 e. The van der Waals surface area contributed by atoms with Crippen LogP contribution in [0, 0.1) is 27.7 Å². The Morgan fingerprint density at radius 3 is 0.838 bits per heavy atom. The molecule has 1 fully saturated rings. The van der Waals surface area contributed by atoms with Gasteiger partial charge < -0.3 is 20.9 Å². The van der Waals surface area contributed by atoms with Gasteiger partial charge >= 0.3 is 145 Å². The van der Waals surface area contributed by atoms with E-state index in [9.17, 15) is 0 Å². The van der Waals surface area contributed by atoms with E-state index in [0.717, 1.165) is 126 Å². The Hall–Kier alpha value is -6.93. The molecule has 9 aromatic carbocycles. The molecule has 0 saturated carbocycles. The van der Waals surface area contributed by atoms with Crippen molar-refractivity contribution in [3.05, 3.63) is 323 Å². The number of hydrogen-bond acceptors (Lipinski definition) is 12. The van der Waals surface area contributed by atoms with Gasteiger partial charge in [-0.1, -0.05) is 224 Å². The zero-order valence-corrected chi connectivity index (χ0v) is 76.0. The average molecular weight is 1750 g/mol. The molecule has 0 bridgehead atoms. The molecule has 105 heavy (non-hydrogen) atoms. The normalized spacial score (nSPS) is 12.3. The molecule has 17 heteroatoms. The Morgan fingerprint density at radius 1 is 0.333 bits per heavy atom. The van der Waals surface area contributed by atoms with Crippen LogP contribution in [0.25, 0.3) is 123 Å². The van der Waals surface area contributed by atoms with Gasteiger partial charge in [0.05, 0.1) is 34.0 Å². The van der Waals surface area contributed by atoms with E-state index in [1.54, 1.807) is 12.4 Å². The molecule has 0 unspecified atom stereocenters. The van der Waals surface area contributed by atoms with Crippen molar-refractivity contribution in [1.82, 2.24) is 34.9 Å². The fourth-order valence-electron chi connectivity index (χ4n) is 11.6. The van der Waals surface area contributed by atoms with Crippen molar-refractivity contribution in [1.29, 1.82) is 0 Å². The Balaban J connectivity index is 0.000000196. The van der Waals surface area contributed by atoms with E-state index in [1.165, 1.54) is 22.3 Å². The molecule has 12 nitrogen and oxygen atoms in total. The third-order valence-corrected chi connectivity index (χ3v) is 19.0. The Labute approximate surface area is 751 Å². The number of halogens is 2. The van der Waals surface area contributed by atoms with Crippen molar-refractivity contribution in [3.63, 3.8) is 0 Å². The Bertz CT molecular complexity index is 4940. The number of rotatable bonds is 13. The molecule has 6 heterocycles. The van der Waals surface area contributed by atoms with Crippen LogP contribution in [0.3, 0.4) is 0 Å². The number of carbonyl (C=O) groups excluding carboxylic acids is 1. The van der Waals surface area contributed by atoms with Crippen LogP contribution in [-0.2, 0) is 19.0 Å². The Kier molecular flexibility index (Phi) is 29.0. The van der Waals surface area contributed by atoms with Gasteiger partial charge in [0.25, 0.3) is 6.47 Å².